The molecule has 0 saturated heterocycles. The molecule has 1 aliphatic carbocycles. The molecule has 1 aromatic carbocycles. The van der Waals surface area contributed by atoms with Crippen molar-refractivity contribution in [3.63, 3.8) is 0 Å². The van der Waals surface area contributed by atoms with E-state index in [0.29, 0.717) is 5.25 Å². The Hall–Kier alpha value is -0.830. The molecular weight excluding hydrogens is 230 g/mol. The first-order chi connectivity index (χ1) is 8.25. The van der Waals surface area contributed by atoms with E-state index < -0.39 is 10.8 Å². The molecule has 1 unspecified atom stereocenters. The summed E-state index contributed by atoms with van der Waals surface area (Å²) in [5.41, 5.74) is 7.67. The van der Waals surface area contributed by atoms with Crippen LogP contribution in [0.4, 0.5) is 5.69 Å². The molecule has 0 radical (unpaired) electrons. The molecule has 1 fully saturated rings. The van der Waals surface area contributed by atoms with Gasteiger partial charge in [0.05, 0.1) is 0 Å². The number of benzene rings is 1. The second kappa shape index (κ2) is 6.20. The van der Waals surface area contributed by atoms with Crippen molar-refractivity contribution in [1.29, 1.82) is 0 Å². The second-order valence-electron chi connectivity index (χ2n) is 4.84. The maximum absolute atomic E-state index is 12.1. The average molecular weight is 251 g/mol. The van der Waals surface area contributed by atoms with Crippen molar-refractivity contribution in [3.05, 3.63) is 29.8 Å². The molecule has 1 atom stereocenters. The third-order valence-corrected chi connectivity index (χ3v) is 5.32. The standard InChI is InChI=1S/C14H21NOS/c15-13-8-6-12(7-9-13)10-11-17(16)14-4-2-1-3-5-14/h6-9,14H,1-5,10-11,15H2. The van der Waals surface area contributed by atoms with Crippen LogP contribution < -0.4 is 5.73 Å². The Bertz CT molecular complexity index is 368. The summed E-state index contributed by atoms with van der Waals surface area (Å²) in [5.74, 6) is 0.800. The molecule has 1 aromatic rings. The van der Waals surface area contributed by atoms with E-state index >= 15 is 0 Å². The van der Waals surface area contributed by atoms with E-state index in [1.807, 2.05) is 24.3 Å². The lowest BCUT2D eigenvalue weighted by Gasteiger charge is -2.20. The highest BCUT2D eigenvalue weighted by Crippen LogP contribution is 2.22. The molecular formula is C14H21NOS. The van der Waals surface area contributed by atoms with Gasteiger partial charge in [-0.1, -0.05) is 31.4 Å². The number of rotatable bonds is 4. The Morgan fingerprint density at radius 3 is 2.41 bits per heavy atom. The van der Waals surface area contributed by atoms with Crippen LogP contribution in [-0.4, -0.2) is 15.2 Å². The number of nitrogens with two attached hydrogens (primary N) is 1. The van der Waals surface area contributed by atoms with Crippen molar-refractivity contribution in [2.24, 2.45) is 0 Å². The minimum Gasteiger partial charge on any atom is -0.399 e. The zero-order valence-corrected chi connectivity index (χ0v) is 11.0. The van der Waals surface area contributed by atoms with E-state index in [-0.39, 0.29) is 0 Å². The van der Waals surface area contributed by atoms with Crippen LogP contribution >= 0.6 is 0 Å². The normalized spacial score (nSPS) is 19.1. The summed E-state index contributed by atoms with van der Waals surface area (Å²) in [6, 6.07) is 7.90. The molecule has 2 nitrogen and oxygen atoms in total. The monoisotopic (exact) mass is 251 g/mol. The van der Waals surface area contributed by atoms with E-state index in [0.717, 1.165) is 30.7 Å². The predicted octanol–water partition coefficient (Wildman–Crippen LogP) is 2.89. The second-order valence-corrected chi connectivity index (χ2v) is 6.67. The van der Waals surface area contributed by atoms with Crippen molar-refractivity contribution in [2.75, 3.05) is 11.5 Å². The van der Waals surface area contributed by atoms with Crippen molar-refractivity contribution in [3.8, 4) is 0 Å². The van der Waals surface area contributed by atoms with E-state index in [1.165, 1.54) is 24.8 Å². The highest BCUT2D eigenvalue weighted by atomic mass is 32.2. The van der Waals surface area contributed by atoms with Crippen LogP contribution in [0.2, 0.25) is 0 Å². The molecule has 1 saturated carbocycles. The van der Waals surface area contributed by atoms with Gasteiger partial charge in [0.25, 0.3) is 0 Å². The van der Waals surface area contributed by atoms with Crippen molar-refractivity contribution in [2.45, 2.75) is 43.8 Å². The molecule has 0 amide bonds. The lowest BCUT2D eigenvalue weighted by atomic mass is 10.0. The molecule has 0 aromatic heterocycles. The Balaban J connectivity index is 1.81. The molecule has 0 bridgehead atoms. The van der Waals surface area contributed by atoms with Gasteiger partial charge in [0.2, 0.25) is 0 Å². The van der Waals surface area contributed by atoms with Gasteiger partial charge in [-0.2, -0.15) is 0 Å². The summed E-state index contributed by atoms with van der Waals surface area (Å²) in [5, 5.41) is 0.456. The van der Waals surface area contributed by atoms with Gasteiger partial charge in [-0.15, -0.1) is 0 Å². The Labute approximate surface area is 106 Å². The van der Waals surface area contributed by atoms with E-state index in [2.05, 4.69) is 0 Å². The summed E-state index contributed by atoms with van der Waals surface area (Å²) in [6.45, 7) is 0. The van der Waals surface area contributed by atoms with Gasteiger partial charge in [0.15, 0.2) is 0 Å². The Morgan fingerprint density at radius 2 is 1.76 bits per heavy atom. The summed E-state index contributed by atoms with van der Waals surface area (Å²) in [4.78, 5) is 0. The molecule has 0 aliphatic heterocycles. The van der Waals surface area contributed by atoms with Gasteiger partial charge in [0.1, 0.15) is 0 Å². The zero-order chi connectivity index (χ0) is 12.1. The van der Waals surface area contributed by atoms with Crippen molar-refractivity contribution in [1.82, 2.24) is 0 Å². The first-order valence-corrected chi connectivity index (χ1v) is 7.85. The first kappa shape index (κ1) is 12.6. The number of nitrogen functional groups attached to an aromatic ring is 1. The molecule has 0 heterocycles. The van der Waals surface area contributed by atoms with Crippen LogP contribution in [0.1, 0.15) is 37.7 Å². The Morgan fingerprint density at radius 1 is 1.12 bits per heavy atom. The van der Waals surface area contributed by atoms with Crippen molar-refractivity contribution < 1.29 is 4.21 Å². The van der Waals surface area contributed by atoms with E-state index in [9.17, 15) is 4.21 Å². The highest BCUT2D eigenvalue weighted by Gasteiger charge is 2.19. The third-order valence-electron chi connectivity index (χ3n) is 3.50. The molecule has 2 rings (SSSR count). The highest BCUT2D eigenvalue weighted by molar-refractivity contribution is 7.85. The average Bonchev–Trinajstić information content (AvgIpc) is 2.39. The van der Waals surface area contributed by atoms with Crippen LogP contribution in [0.15, 0.2) is 24.3 Å². The van der Waals surface area contributed by atoms with Crippen molar-refractivity contribution >= 4 is 16.5 Å². The SMILES string of the molecule is Nc1ccc(CCS(=O)C2CCCCC2)cc1. The fourth-order valence-electron chi connectivity index (χ4n) is 2.40. The van der Waals surface area contributed by atoms with Gasteiger partial charge in [0, 0.05) is 27.5 Å². The molecule has 94 valence electrons. The molecule has 2 N–H and O–H groups in total. The maximum Gasteiger partial charge on any atom is 0.0348 e. The number of hydrogen-bond donors (Lipinski definition) is 1. The lowest BCUT2D eigenvalue weighted by Crippen LogP contribution is -2.21. The Kier molecular flexibility index (Phi) is 4.60. The minimum atomic E-state index is -0.644. The molecule has 0 spiro atoms. The van der Waals surface area contributed by atoms with E-state index in [1.54, 1.807) is 0 Å². The quantitative estimate of drug-likeness (QED) is 0.836. The molecule has 3 heteroatoms. The maximum atomic E-state index is 12.1. The van der Waals surface area contributed by atoms with Crippen LogP contribution in [0.3, 0.4) is 0 Å². The molecule has 1 aliphatic rings. The largest absolute Gasteiger partial charge is 0.399 e. The topological polar surface area (TPSA) is 43.1 Å². The number of aryl methyl sites for hydroxylation is 1. The van der Waals surface area contributed by atoms with Gasteiger partial charge >= 0.3 is 0 Å². The summed E-state index contributed by atoms with van der Waals surface area (Å²) < 4.78 is 12.1. The van der Waals surface area contributed by atoms with Gasteiger partial charge in [-0.25, -0.2) is 0 Å². The lowest BCUT2D eigenvalue weighted by molar-refractivity contribution is 0.504. The molecule has 17 heavy (non-hydrogen) atoms. The van der Waals surface area contributed by atoms with Gasteiger partial charge in [-0.05, 0) is 37.0 Å². The van der Waals surface area contributed by atoms with E-state index in [4.69, 9.17) is 5.73 Å². The van der Waals surface area contributed by atoms with Crippen LogP contribution in [0.5, 0.6) is 0 Å². The first-order valence-electron chi connectivity index (χ1n) is 6.47. The number of anilines is 1. The predicted molar refractivity (Wildman–Crippen MR) is 74.4 cm³/mol. The van der Waals surface area contributed by atoms with Crippen LogP contribution in [0, 0.1) is 0 Å². The summed E-state index contributed by atoms with van der Waals surface area (Å²) >= 11 is 0. The minimum absolute atomic E-state index is 0.456. The summed E-state index contributed by atoms with van der Waals surface area (Å²) in [7, 11) is -0.644. The third kappa shape index (κ3) is 3.84. The van der Waals surface area contributed by atoms with Gasteiger partial charge in [-0.3, -0.25) is 4.21 Å². The smallest absolute Gasteiger partial charge is 0.0348 e. The zero-order valence-electron chi connectivity index (χ0n) is 10.2. The summed E-state index contributed by atoms with van der Waals surface area (Å²) in [6.07, 6.45) is 7.08. The van der Waals surface area contributed by atoms with Gasteiger partial charge < -0.3 is 5.73 Å². The fraction of sp³-hybridized carbons (Fsp3) is 0.571. The number of hydrogen-bond acceptors (Lipinski definition) is 2. The fourth-order valence-corrected chi connectivity index (χ4v) is 4.03. The van der Waals surface area contributed by atoms with Crippen LogP contribution in [0.25, 0.3) is 0 Å². The van der Waals surface area contributed by atoms with Crippen LogP contribution in [-0.2, 0) is 17.2 Å².